The molecule has 0 bridgehead atoms. The smallest absolute Gasteiger partial charge is 0.100 e. The van der Waals surface area contributed by atoms with Gasteiger partial charge in [-0.25, -0.2) is 9.97 Å². The lowest BCUT2D eigenvalue weighted by molar-refractivity contribution is 1.06. The van der Waals surface area contributed by atoms with Crippen LogP contribution in [0.2, 0.25) is 0 Å². The van der Waals surface area contributed by atoms with E-state index in [0.717, 1.165) is 33.4 Å². The summed E-state index contributed by atoms with van der Waals surface area (Å²) in [6.45, 7) is 10.9. The molecular formula is C31H28N4. The Bertz CT molecular complexity index is 1730. The lowest BCUT2D eigenvalue weighted by Crippen LogP contribution is -2.00. The average molecular weight is 457 g/mol. The third kappa shape index (κ3) is 3.53. The van der Waals surface area contributed by atoms with Crippen LogP contribution in [0, 0.1) is 34.6 Å². The highest BCUT2D eigenvalue weighted by molar-refractivity contribution is 5.83. The van der Waals surface area contributed by atoms with Gasteiger partial charge in [0.2, 0.25) is 0 Å². The minimum absolute atomic E-state index is 0.987. The van der Waals surface area contributed by atoms with E-state index in [-0.39, 0.29) is 0 Å². The van der Waals surface area contributed by atoms with Crippen LogP contribution in [0.4, 0.5) is 0 Å². The molecule has 2 aromatic heterocycles. The van der Waals surface area contributed by atoms with Crippen molar-refractivity contribution < 1.29 is 0 Å². The second-order valence-corrected chi connectivity index (χ2v) is 9.65. The van der Waals surface area contributed by atoms with Gasteiger partial charge in [-0.2, -0.15) is 0 Å². The van der Waals surface area contributed by atoms with Crippen LogP contribution in [0.25, 0.3) is 44.6 Å². The van der Waals surface area contributed by atoms with E-state index in [1.54, 1.807) is 0 Å². The zero-order valence-electron chi connectivity index (χ0n) is 20.8. The number of aromatic nitrogens is 4. The molecule has 0 atom stereocenters. The molecule has 4 heteroatoms. The molecule has 35 heavy (non-hydrogen) atoms. The van der Waals surface area contributed by atoms with Crippen molar-refractivity contribution in [2.45, 2.75) is 34.6 Å². The number of fused-ring (bicyclic) bond motifs is 2. The number of rotatable bonds is 3. The van der Waals surface area contributed by atoms with Gasteiger partial charge < -0.3 is 0 Å². The first-order valence-electron chi connectivity index (χ1n) is 12.0. The Morgan fingerprint density at radius 2 is 1.14 bits per heavy atom. The Kier molecular flexibility index (Phi) is 4.85. The first-order chi connectivity index (χ1) is 16.9. The number of aryl methyl sites for hydroxylation is 5. The van der Waals surface area contributed by atoms with Crippen molar-refractivity contribution in [3.63, 3.8) is 0 Å². The van der Waals surface area contributed by atoms with Gasteiger partial charge in [0, 0.05) is 11.4 Å². The predicted octanol–water partition coefficient (Wildman–Crippen LogP) is 7.57. The maximum atomic E-state index is 4.73. The molecule has 4 nitrogen and oxygen atoms in total. The number of imidazole rings is 2. The van der Waals surface area contributed by atoms with E-state index in [1.165, 1.54) is 38.9 Å². The van der Waals surface area contributed by atoms with Crippen LogP contribution in [0.1, 0.15) is 27.8 Å². The molecule has 0 radical (unpaired) electrons. The first-order valence-corrected chi connectivity index (χ1v) is 12.0. The van der Waals surface area contributed by atoms with Crippen LogP contribution in [-0.2, 0) is 0 Å². The molecule has 172 valence electrons. The zero-order chi connectivity index (χ0) is 24.3. The molecule has 0 aliphatic rings. The Hall–Kier alpha value is -4.18. The first kappa shape index (κ1) is 21.4. The lowest BCUT2D eigenvalue weighted by atomic mass is 9.93. The fraction of sp³-hybridized carbons (Fsp3) is 0.161. The average Bonchev–Trinajstić information content (AvgIpc) is 3.43. The monoisotopic (exact) mass is 456 g/mol. The van der Waals surface area contributed by atoms with Crippen LogP contribution in [-0.4, -0.2) is 19.1 Å². The minimum Gasteiger partial charge on any atom is -0.299 e. The Labute approximate surface area is 205 Å². The number of hydrogen-bond acceptors (Lipinski definition) is 2. The number of nitrogens with zero attached hydrogens (tertiary/aromatic N) is 4. The van der Waals surface area contributed by atoms with Crippen LogP contribution in [0.15, 0.2) is 79.4 Å². The van der Waals surface area contributed by atoms with Gasteiger partial charge in [-0.05, 0) is 110 Å². The summed E-state index contributed by atoms with van der Waals surface area (Å²) in [6.07, 6.45) is 3.86. The van der Waals surface area contributed by atoms with Gasteiger partial charge >= 0.3 is 0 Å². The van der Waals surface area contributed by atoms with E-state index in [2.05, 4.69) is 109 Å². The zero-order valence-corrected chi connectivity index (χ0v) is 20.8. The van der Waals surface area contributed by atoms with Gasteiger partial charge in [0.1, 0.15) is 12.7 Å². The topological polar surface area (TPSA) is 35.6 Å². The van der Waals surface area contributed by atoms with Crippen molar-refractivity contribution in [1.29, 1.82) is 0 Å². The molecule has 0 saturated carbocycles. The maximum Gasteiger partial charge on any atom is 0.100 e. The van der Waals surface area contributed by atoms with Gasteiger partial charge in [0.15, 0.2) is 0 Å². The third-order valence-corrected chi connectivity index (χ3v) is 7.04. The summed E-state index contributed by atoms with van der Waals surface area (Å²) in [5.41, 5.74) is 15.2. The molecular weight excluding hydrogens is 428 g/mol. The van der Waals surface area contributed by atoms with Crippen molar-refractivity contribution in [3.8, 4) is 22.5 Å². The highest BCUT2D eigenvalue weighted by atomic mass is 15.1. The SMILES string of the molecule is Cc1cc(C)c(-c2cc(-n3cnc4ccccc43)cc(-n3cnc4cc(C)c(C)cc43)c2)c(C)c1. The normalized spacial score (nSPS) is 11.6. The van der Waals surface area contributed by atoms with E-state index in [0.29, 0.717) is 0 Å². The van der Waals surface area contributed by atoms with Crippen molar-refractivity contribution >= 4 is 22.1 Å². The fourth-order valence-corrected chi connectivity index (χ4v) is 5.29. The maximum absolute atomic E-state index is 4.73. The van der Waals surface area contributed by atoms with Crippen LogP contribution in [0.5, 0.6) is 0 Å². The number of benzene rings is 4. The predicted molar refractivity (Wildman–Crippen MR) is 145 cm³/mol. The summed E-state index contributed by atoms with van der Waals surface area (Å²) < 4.78 is 4.38. The Morgan fingerprint density at radius 1 is 0.543 bits per heavy atom. The molecule has 0 saturated heterocycles. The second kappa shape index (κ2) is 7.95. The van der Waals surface area contributed by atoms with E-state index < -0.39 is 0 Å². The molecule has 0 fully saturated rings. The highest BCUT2D eigenvalue weighted by Crippen LogP contribution is 2.34. The summed E-state index contributed by atoms with van der Waals surface area (Å²) in [5, 5.41) is 0. The lowest BCUT2D eigenvalue weighted by Gasteiger charge is -2.17. The molecule has 0 aliphatic heterocycles. The van der Waals surface area contributed by atoms with Crippen LogP contribution in [0.3, 0.4) is 0 Å². The van der Waals surface area contributed by atoms with Crippen LogP contribution >= 0.6 is 0 Å². The summed E-state index contributed by atoms with van der Waals surface area (Å²) in [6, 6.07) is 24.0. The molecule has 0 N–H and O–H groups in total. The highest BCUT2D eigenvalue weighted by Gasteiger charge is 2.14. The summed E-state index contributed by atoms with van der Waals surface area (Å²) in [5.74, 6) is 0. The van der Waals surface area contributed by atoms with E-state index in [4.69, 9.17) is 4.98 Å². The van der Waals surface area contributed by atoms with Crippen molar-refractivity contribution in [1.82, 2.24) is 19.1 Å². The molecule has 0 amide bonds. The molecule has 0 aliphatic carbocycles. The van der Waals surface area contributed by atoms with E-state index >= 15 is 0 Å². The van der Waals surface area contributed by atoms with Gasteiger partial charge in [-0.1, -0.05) is 29.8 Å². The molecule has 2 heterocycles. The van der Waals surface area contributed by atoms with Gasteiger partial charge in [0.25, 0.3) is 0 Å². The quantitative estimate of drug-likeness (QED) is 0.275. The summed E-state index contributed by atoms with van der Waals surface area (Å²) in [4.78, 5) is 9.38. The largest absolute Gasteiger partial charge is 0.299 e. The Balaban J connectivity index is 1.65. The van der Waals surface area contributed by atoms with Gasteiger partial charge in [-0.15, -0.1) is 0 Å². The molecule has 0 unspecified atom stereocenters. The van der Waals surface area contributed by atoms with Crippen molar-refractivity contribution in [2.75, 3.05) is 0 Å². The second-order valence-electron chi connectivity index (χ2n) is 9.65. The van der Waals surface area contributed by atoms with E-state index in [9.17, 15) is 0 Å². The minimum atomic E-state index is 0.987. The molecule has 6 aromatic rings. The molecule has 4 aromatic carbocycles. The van der Waals surface area contributed by atoms with Gasteiger partial charge in [0.05, 0.1) is 22.1 Å². The Morgan fingerprint density at radius 3 is 1.86 bits per heavy atom. The van der Waals surface area contributed by atoms with Gasteiger partial charge in [-0.3, -0.25) is 9.13 Å². The third-order valence-electron chi connectivity index (χ3n) is 7.04. The summed E-state index contributed by atoms with van der Waals surface area (Å²) in [7, 11) is 0. The molecule has 6 rings (SSSR count). The number of para-hydroxylation sites is 2. The van der Waals surface area contributed by atoms with E-state index in [1.807, 2.05) is 18.7 Å². The van der Waals surface area contributed by atoms with Crippen molar-refractivity contribution in [2.24, 2.45) is 0 Å². The number of hydrogen-bond donors (Lipinski definition) is 0. The van der Waals surface area contributed by atoms with Crippen molar-refractivity contribution in [3.05, 3.63) is 107 Å². The summed E-state index contributed by atoms with van der Waals surface area (Å²) >= 11 is 0. The van der Waals surface area contributed by atoms with Crippen LogP contribution < -0.4 is 0 Å². The fourth-order valence-electron chi connectivity index (χ4n) is 5.29. The molecule has 0 spiro atoms. The standard InChI is InChI=1S/C31H28N4/c1-19-10-22(4)31(23(5)11-19)24-14-25(34-17-32-27-8-6-7-9-29(27)34)16-26(15-24)35-18-33-28-12-20(2)21(3)13-30(28)35/h6-18H,1-5H3.